The molecule has 0 aliphatic rings. The summed E-state index contributed by atoms with van der Waals surface area (Å²) in [7, 11) is -3.89. The summed E-state index contributed by atoms with van der Waals surface area (Å²) in [6.07, 6.45) is -0.314. The Morgan fingerprint density at radius 1 is 1.04 bits per heavy atom. The summed E-state index contributed by atoms with van der Waals surface area (Å²) in [5.74, 6) is -0.0240. The molecule has 1 atom stereocenters. The third-order valence-corrected chi connectivity index (χ3v) is 5.21. The van der Waals surface area contributed by atoms with Gasteiger partial charge in [-0.3, -0.25) is 0 Å². The Morgan fingerprint density at radius 2 is 1.68 bits per heavy atom. The van der Waals surface area contributed by atoms with Crippen molar-refractivity contribution in [1.82, 2.24) is 15.5 Å². The molecule has 0 aliphatic heterocycles. The first-order valence-electron chi connectivity index (χ1n) is 8.39. The summed E-state index contributed by atoms with van der Waals surface area (Å²) in [6.45, 7) is 0. The highest BCUT2D eigenvalue weighted by Gasteiger charge is 2.23. The van der Waals surface area contributed by atoms with Crippen LogP contribution < -0.4 is 10.0 Å². The van der Waals surface area contributed by atoms with E-state index in [0.717, 1.165) is 5.56 Å². The molecule has 1 heterocycles. The Kier molecular flexibility index (Phi) is 5.90. The molecule has 146 valence electrons. The number of carbonyl (C=O) groups is 1. The summed E-state index contributed by atoms with van der Waals surface area (Å²) < 4.78 is 32.2. The van der Waals surface area contributed by atoms with Gasteiger partial charge >= 0.3 is 12.1 Å². The van der Waals surface area contributed by atoms with Gasteiger partial charge in [0.2, 0.25) is 5.89 Å². The van der Waals surface area contributed by atoms with E-state index in [1.165, 1.54) is 12.1 Å². The van der Waals surface area contributed by atoms with Crippen molar-refractivity contribution in [1.29, 1.82) is 0 Å². The van der Waals surface area contributed by atoms with Gasteiger partial charge in [0.15, 0.2) is 0 Å². The van der Waals surface area contributed by atoms with Crippen molar-refractivity contribution in [3.8, 4) is 0 Å². The SMILES string of the molecule is O=C(O)NC(CCc1ccccc1)c1nnc(NS(=O)(=O)c2ccccc2)o1. The fraction of sp³-hybridized carbons (Fsp3) is 0.167. The quantitative estimate of drug-likeness (QED) is 0.527. The number of nitrogens with one attached hydrogen (secondary N) is 2. The number of benzene rings is 2. The summed E-state index contributed by atoms with van der Waals surface area (Å²) >= 11 is 0. The first kappa shape index (κ1) is 19.4. The van der Waals surface area contributed by atoms with Crippen molar-refractivity contribution in [2.45, 2.75) is 23.8 Å². The van der Waals surface area contributed by atoms with Gasteiger partial charge in [-0.05, 0) is 30.5 Å². The lowest BCUT2D eigenvalue weighted by Gasteiger charge is -2.12. The van der Waals surface area contributed by atoms with Gasteiger partial charge in [0, 0.05) is 0 Å². The van der Waals surface area contributed by atoms with Gasteiger partial charge in [0.05, 0.1) is 4.90 Å². The smallest absolute Gasteiger partial charge is 0.405 e. The first-order valence-corrected chi connectivity index (χ1v) is 9.87. The molecule has 3 N–H and O–H groups in total. The molecule has 0 aliphatic carbocycles. The number of anilines is 1. The van der Waals surface area contributed by atoms with E-state index < -0.39 is 22.2 Å². The van der Waals surface area contributed by atoms with E-state index in [9.17, 15) is 13.2 Å². The zero-order chi connectivity index (χ0) is 20.0. The third kappa shape index (κ3) is 5.07. The minimum absolute atomic E-state index is 0.0240. The number of carboxylic acid groups (broad SMARTS) is 1. The highest BCUT2D eigenvalue weighted by atomic mass is 32.2. The van der Waals surface area contributed by atoms with Crippen LogP contribution in [0.3, 0.4) is 0 Å². The molecule has 1 aromatic heterocycles. The minimum atomic E-state index is -3.89. The highest BCUT2D eigenvalue weighted by Crippen LogP contribution is 2.21. The summed E-state index contributed by atoms with van der Waals surface area (Å²) in [5, 5.41) is 18.8. The number of hydrogen-bond acceptors (Lipinski definition) is 6. The maximum atomic E-state index is 12.3. The standard InChI is InChI=1S/C18H18N4O5S/c23-18(24)19-15(12-11-13-7-3-1-4-8-13)16-20-21-17(27-16)22-28(25,26)14-9-5-2-6-10-14/h1-10,15,19H,11-12H2,(H,21,22)(H,23,24). The van der Waals surface area contributed by atoms with E-state index in [0.29, 0.717) is 12.8 Å². The normalized spacial score (nSPS) is 12.3. The first-order chi connectivity index (χ1) is 13.4. The van der Waals surface area contributed by atoms with Crippen LogP contribution in [-0.2, 0) is 16.4 Å². The molecule has 0 fully saturated rings. The van der Waals surface area contributed by atoms with Gasteiger partial charge in [-0.1, -0.05) is 53.6 Å². The second-order valence-corrected chi connectivity index (χ2v) is 7.57. The topological polar surface area (TPSA) is 134 Å². The fourth-order valence-electron chi connectivity index (χ4n) is 2.55. The molecule has 3 aromatic rings. The Morgan fingerprint density at radius 3 is 2.32 bits per heavy atom. The van der Waals surface area contributed by atoms with E-state index >= 15 is 0 Å². The molecule has 0 spiro atoms. The molecular weight excluding hydrogens is 384 g/mol. The molecule has 9 nitrogen and oxygen atoms in total. The second kappa shape index (κ2) is 8.53. The highest BCUT2D eigenvalue weighted by molar-refractivity contribution is 7.92. The third-order valence-electron chi connectivity index (χ3n) is 3.88. The molecular formula is C18H18N4O5S. The summed E-state index contributed by atoms with van der Waals surface area (Å²) in [6, 6.07) is 16.1. The molecule has 0 radical (unpaired) electrons. The molecule has 28 heavy (non-hydrogen) atoms. The van der Waals surface area contributed by atoms with Crippen molar-refractivity contribution >= 4 is 22.1 Å². The fourth-order valence-corrected chi connectivity index (χ4v) is 3.50. The summed E-state index contributed by atoms with van der Waals surface area (Å²) in [4.78, 5) is 11.1. The van der Waals surface area contributed by atoms with Crippen molar-refractivity contribution in [3.63, 3.8) is 0 Å². The van der Waals surface area contributed by atoms with Crippen LogP contribution in [-0.4, -0.2) is 29.8 Å². The molecule has 0 saturated heterocycles. The van der Waals surface area contributed by atoms with Gasteiger partial charge in [0.1, 0.15) is 6.04 Å². The monoisotopic (exact) mass is 402 g/mol. The number of sulfonamides is 1. The van der Waals surface area contributed by atoms with Crippen molar-refractivity contribution < 1.29 is 22.7 Å². The number of rotatable bonds is 8. The molecule has 1 amide bonds. The van der Waals surface area contributed by atoms with Crippen LogP contribution in [0.1, 0.15) is 23.9 Å². The van der Waals surface area contributed by atoms with E-state index in [-0.39, 0.29) is 16.8 Å². The largest absolute Gasteiger partial charge is 0.465 e. The average Bonchev–Trinajstić information content (AvgIpc) is 3.14. The lowest BCUT2D eigenvalue weighted by atomic mass is 10.1. The van der Waals surface area contributed by atoms with E-state index in [4.69, 9.17) is 9.52 Å². The van der Waals surface area contributed by atoms with Crippen LogP contribution in [0.4, 0.5) is 10.8 Å². The van der Waals surface area contributed by atoms with Crippen molar-refractivity contribution in [3.05, 3.63) is 72.1 Å². The molecule has 0 bridgehead atoms. The Labute approximate surface area is 161 Å². The Hall–Kier alpha value is -3.40. The maximum absolute atomic E-state index is 12.3. The van der Waals surface area contributed by atoms with Crippen LogP contribution in [0.15, 0.2) is 70.0 Å². The number of aromatic nitrogens is 2. The maximum Gasteiger partial charge on any atom is 0.405 e. The van der Waals surface area contributed by atoms with Crippen LogP contribution in [0.25, 0.3) is 0 Å². The molecule has 0 saturated carbocycles. The second-order valence-electron chi connectivity index (χ2n) is 5.89. The van der Waals surface area contributed by atoms with E-state index in [2.05, 4.69) is 20.2 Å². The average molecular weight is 402 g/mol. The van der Waals surface area contributed by atoms with E-state index in [1.807, 2.05) is 30.3 Å². The van der Waals surface area contributed by atoms with E-state index in [1.54, 1.807) is 18.2 Å². The predicted molar refractivity (Wildman–Crippen MR) is 100 cm³/mol. The molecule has 1 unspecified atom stereocenters. The van der Waals surface area contributed by atoms with Gasteiger partial charge in [0.25, 0.3) is 10.0 Å². The zero-order valence-corrected chi connectivity index (χ0v) is 15.5. The van der Waals surface area contributed by atoms with Gasteiger partial charge in [-0.15, -0.1) is 5.10 Å². The lowest BCUT2D eigenvalue weighted by molar-refractivity contribution is 0.186. The van der Waals surface area contributed by atoms with Gasteiger partial charge in [-0.25, -0.2) is 17.9 Å². The summed E-state index contributed by atoms with van der Waals surface area (Å²) in [5.41, 5.74) is 1.02. The van der Waals surface area contributed by atoms with Crippen molar-refractivity contribution in [2.75, 3.05) is 4.72 Å². The lowest BCUT2D eigenvalue weighted by Crippen LogP contribution is -2.27. The van der Waals surface area contributed by atoms with Gasteiger partial charge in [-0.2, -0.15) is 0 Å². The number of aryl methyl sites for hydroxylation is 1. The minimum Gasteiger partial charge on any atom is -0.465 e. The molecule has 2 aromatic carbocycles. The van der Waals surface area contributed by atoms with Crippen molar-refractivity contribution in [2.24, 2.45) is 0 Å². The van der Waals surface area contributed by atoms with Crippen LogP contribution in [0.2, 0.25) is 0 Å². The number of amides is 1. The predicted octanol–water partition coefficient (Wildman–Crippen LogP) is 2.81. The Balaban J connectivity index is 1.73. The van der Waals surface area contributed by atoms with Crippen LogP contribution >= 0.6 is 0 Å². The molecule has 10 heteroatoms. The Bertz CT molecular complexity index is 1020. The molecule has 3 rings (SSSR count). The zero-order valence-electron chi connectivity index (χ0n) is 14.6. The number of hydrogen-bond donors (Lipinski definition) is 3. The van der Waals surface area contributed by atoms with Crippen LogP contribution in [0, 0.1) is 0 Å². The number of nitrogens with zero attached hydrogens (tertiary/aromatic N) is 2. The van der Waals surface area contributed by atoms with Gasteiger partial charge < -0.3 is 14.8 Å². The van der Waals surface area contributed by atoms with Crippen LogP contribution in [0.5, 0.6) is 0 Å².